The van der Waals surface area contributed by atoms with E-state index in [0.717, 1.165) is 12.1 Å². The van der Waals surface area contributed by atoms with Gasteiger partial charge in [-0.1, -0.05) is 6.07 Å². The summed E-state index contributed by atoms with van der Waals surface area (Å²) in [5.41, 5.74) is 0.420. The van der Waals surface area contributed by atoms with Gasteiger partial charge >= 0.3 is 12.1 Å². The molecule has 0 aliphatic heterocycles. The Bertz CT molecular complexity index is 790. The first-order valence-corrected chi connectivity index (χ1v) is 8.27. The lowest BCUT2D eigenvalue weighted by atomic mass is 10.2. The minimum atomic E-state index is -4.41. The Morgan fingerprint density at radius 3 is 2.37 bits per heavy atom. The van der Waals surface area contributed by atoms with Crippen LogP contribution in [0.25, 0.3) is 0 Å². The number of nitrogens with one attached hydrogen (secondary N) is 2. The molecule has 0 aromatic heterocycles. The van der Waals surface area contributed by atoms with Crippen molar-refractivity contribution in [3.8, 4) is 0 Å². The van der Waals surface area contributed by atoms with E-state index in [0.29, 0.717) is 11.3 Å². The number of rotatable bonds is 7. The largest absolute Gasteiger partial charge is 0.462 e. The molecule has 2 aromatic carbocycles. The minimum Gasteiger partial charge on any atom is -0.462 e. The number of esters is 1. The first-order valence-electron chi connectivity index (χ1n) is 8.27. The van der Waals surface area contributed by atoms with Crippen LogP contribution in [0, 0.1) is 0 Å². The summed E-state index contributed by atoms with van der Waals surface area (Å²) in [5, 5.41) is 5.44. The molecule has 0 aliphatic rings. The molecule has 0 saturated carbocycles. The van der Waals surface area contributed by atoms with E-state index in [4.69, 9.17) is 4.74 Å². The molecule has 2 aromatic rings. The highest BCUT2D eigenvalue weighted by Gasteiger charge is 2.30. The highest BCUT2D eigenvalue weighted by Crippen LogP contribution is 2.30. The topological polar surface area (TPSA) is 67.4 Å². The molecule has 0 bridgehead atoms. The molecular weight excluding hydrogens is 361 g/mol. The monoisotopic (exact) mass is 380 g/mol. The molecule has 5 nitrogen and oxygen atoms in total. The second-order valence-electron chi connectivity index (χ2n) is 5.60. The molecule has 2 rings (SSSR count). The summed E-state index contributed by atoms with van der Waals surface area (Å²) in [7, 11) is 0. The van der Waals surface area contributed by atoms with E-state index in [1.807, 2.05) is 0 Å². The number of carbonyl (C=O) groups is 2. The number of alkyl halides is 3. The summed E-state index contributed by atoms with van der Waals surface area (Å²) in [5.74, 6) is -0.751. The number of ether oxygens (including phenoxy) is 1. The van der Waals surface area contributed by atoms with Gasteiger partial charge in [0.2, 0.25) is 5.91 Å². The van der Waals surface area contributed by atoms with Gasteiger partial charge < -0.3 is 15.4 Å². The van der Waals surface area contributed by atoms with E-state index in [-0.39, 0.29) is 31.2 Å². The average Bonchev–Trinajstić information content (AvgIpc) is 2.62. The van der Waals surface area contributed by atoms with Gasteiger partial charge in [-0.3, -0.25) is 4.79 Å². The highest BCUT2D eigenvalue weighted by molar-refractivity contribution is 5.93. The first kappa shape index (κ1) is 20.3. The predicted molar refractivity (Wildman–Crippen MR) is 95.6 cm³/mol. The number of amides is 1. The van der Waals surface area contributed by atoms with Gasteiger partial charge in [-0.15, -0.1) is 0 Å². The normalized spacial score (nSPS) is 11.0. The third kappa shape index (κ3) is 6.32. The summed E-state index contributed by atoms with van der Waals surface area (Å²) >= 11 is 0. The number of anilines is 2. The Labute approximate surface area is 154 Å². The van der Waals surface area contributed by atoms with Gasteiger partial charge in [-0.05, 0) is 49.4 Å². The zero-order chi connectivity index (χ0) is 19.9. The van der Waals surface area contributed by atoms with Gasteiger partial charge in [-0.2, -0.15) is 13.2 Å². The van der Waals surface area contributed by atoms with Crippen LogP contribution in [-0.4, -0.2) is 25.0 Å². The summed E-state index contributed by atoms with van der Waals surface area (Å²) in [6.07, 6.45) is -4.35. The Kier molecular flexibility index (Phi) is 6.81. The minimum absolute atomic E-state index is 0.0654. The van der Waals surface area contributed by atoms with Crippen LogP contribution >= 0.6 is 0 Å². The number of hydrogen-bond acceptors (Lipinski definition) is 4. The number of hydrogen-bond donors (Lipinski definition) is 2. The van der Waals surface area contributed by atoms with Crippen molar-refractivity contribution in [3.63, 3.8) is 0 Å². The lowest BCUT2D eigenvalue weighted by molar-refractivity contribution is -0.137. The van der Waals surface area contributed by atoms with Crippen LogP contribution in [-0.2, 0) is 15.7 Å². The van der Waals surface area contributed by atoms with Gasteiger partial charge in [0, 0.05) is 24.3 Å². The van der Waals surface area contributed by atoms with Crippen LogP contribution in [0.2, 0.25) is 0 Å². The zero-order valence-electron chi connectivity index (χ0n) is 14.6. The Balaban J connectivity index is 1.82. The standard InChI is InChI=1S/C19H19F3N2O3/c1-2-27-18(26)13-6-8-15(9-7-13)24-17(25)10-11-23-16-5-3-4-14(12-16)19(20,21)22/h3-9,12,23H,2,10-11H2,1H3,(H,24,25). The van der Waals surface area contributed by atoms with E-state index in [2.05, 4.69) is 10.6 Å². The smallest absolute Gasteiger partial charge is 0.416 e. The summed E-state index contributed by atoms with van der Waals surface area (Å²) in [6, 6.07) is 11.0. The van der Waals surface area contributed by atoms with Crippen LogP contribution in [0.5, 0.6) is 0 Å². The molecule has 2 N–H and O–H groups in total. The molecule has 0 fully saturated rings. The molecule has 27 heavy (non-hydrogen) atoms. The van der Waals surface area contributed by atoms with Gasteiger partial charge in [0.1, 0.15) is 0 Å². The lowest BCUT2D eigenvalue weighted by Crippen LogP contribution is -2.16. The number of benzene rings is 2. The quantitative estimate of drug-likeness (QED) is 0.702. The van der Waals surface area contributed by atoms with Crippen LogP contribution in [0.1, 0.15) is 29.3 Å². The van der Waals surface area contributed by atoms with E-state index in [1.165, 1.54) is 24.3 Å². The fourth-order valence-corrected chi connectivity index (χ4v) is 2.25. The molecule has 0 heterocycles. The van der Waals surface area contributed by atoms with Crippen molar-refractivity contribution in [1.29, 1.82) is 0 Å². The third-order valence-corrected chi connectivity index (χ3v) is 3.55. The predicted octanol–water partition coefficient (Wildman–Crippen LogP) is 4.32. The van der Waals surface area contributed by atoms with Gasteiger partial charge in [0.25, 0.3) is 0 Å². The van der Waals surface area contributed by atoms with Gasteiger partial charge in [-0.25, -0.2) is 4.79 Å². The Morgan fingerprint density at radius 2 is 1.74 bits per heavy atom. The first-order chi connectivity index (χ1) is 12.8. The molecule has 0 spiro atoms. The summed E-state index contributed by atoms with van der Waals surface area (Å²) in [6.45, 7) is 2.16. The van der Waals surface area contributed by atoms with Crippen molar-refractivity contribution in [1.82, 2.24) is 0 Å². The second-order valence-corrected chi connectivity index (χ2v) is 5.60. The average molecular weight is 380 g/mol. The third-order valence-electron chi connectivity index (χ3n) is 3.55. The lowest BCUT2D eigenvalue weighted by Gasteiger charge is -2.11. The fraction of sp³-hybridized carbons (Fsp3) is 0.263. The second kappa shape index (κ2) is 9.07. The molecule has 0 saturated heterocycles. The maximum Gasteiger partial charge on any atom is 0.416 e. The van der Waals surface area contributed by atoms with E-state index < -0.39 is 17.7 Å². The summed E-state index contributed by atoms with van der Waals surface area (Å²) < 4.78 is 42.9. The van der Waals surface area contributed by atoms with Gasteiger partial charge in [0.15, 0.2) is 0 Å². The SMILES string of the molecule is CCOC(=O)c1ccc(NC(=O)CCNc2cccc(C(F)(F)F)c2)cc1. The molecule has 0 radical (unpaired) electrons. The maximum atomic E-state index is 12.7. The molecule has 144 valence electrons. The Hall–Kier alpha value is -3.03. The molecule has 0 unspecified atom stereocenters. The molecular formula is C19H19F3N2O3. The van der Waals surface area contributed by atoms with Crippen LogP contribution in [0.3, 0.4) is 0 Å². The highest BCUT2D eigenvalue weighted by atomic mass is 19.4. The van der Waals surface area contributed by atoms with Crippen LogP contribution in [0.4, 0.5) is 24.5 Å². The summed E-state index contributed by atoms with van der Waals surface area (Å²) in [4.78, 5) is 23.5. The molecule has 8 heteroatoms. The van der Waals surface area contributed by atoms with E-state index in [1.54, 1.807) is 19.1 Å². The van der Waals surface area contributed by atoms with Crippen LogP contribution < -0.4 is 10.6 Å². The molecule has 0 aliphatic carbocycles. The van der Waals surface area contributed by atoms with Crippen molar-refractivity contribution in [2.45, 2.75) is 19.5 Å². The molecule has 0 atom stereocenters. The Morgan fingerprint density at radius 1 is 1.04 bits per heavy atom. The van der Waals surface area contributed by atoms with Crippen LogP contribution in [0.15, 0.2) is 48.5 Å². The molecule has 1 amide bonds. The number of carbonyl (C=O) groups excluding carboxylic acids is 2. The van der Waals surface area contributed by atoms with Crippen molar-refractivity contribution in [3.05, 3.63) is 59.7 Å². The maximum absolute atomic E-state index is 12.7. The van der Waals surface area contributed by atoms with E-state index in [9.17, 15) is 22.8 Å². The fourth-order valence-electron chi connectivity index (χ4n) is 2.25. The van der Waals surface area contributed by atoms with Crippen molar-refractivity contribution < 1.29 is 27.5 Å². The van der Waals surface area contributed by atoms with Gasteiger partial charge in [0.05, 0.1) is 17.7 Å². The van der Waals surface area contributed by atoms with E-state index >= 15 is 0 Å². The zero-order valence-corrected chi connectivity index (χ0v) is 14.6. The van der Waals surface area contributed by atoms with Crippen molar-refractivity contribution in [2.24, 2.45) is 0 Å². The number of halogens is 3. The van der Waals surface area contributed by atoms with Crippen molar-refractivity contribution in [2.75, 3.05) is 23.8 Å². The van der Waals surface area contributed by atoms with Crippen molar-refractivity contribution >= 4 is 23.3 Å².